The number of para-hydroxylation sites is 1. The lowest BCUT2D eigenvalue weighted by atomic mass is 10.2. The molecule has 0 fully saturated rings. The molecule has 3 aromatic rings. The molecule has 1 aromatic carbocycles. The molecule has 1 unspecified atom stereocenters. The number of aryl methyl sites for hydroxylation is 1. The molecule has 0 saturated heterocycles. The Labute approximate surface area is 124 Å². The van der Waals surface area contributed by atoms with Crippen molar-refractivity contribution >= 4 is 11.0 Å². The summed E-state index contributed by atoms with van der Waals surface area (Å²) >= 11 is 0. The molecule has 0 saturated carbocycles. The van der Waals surface area contributed by atoms with Gasteiger partial charge in [-0.2, -0.15) is 0 Å². The van der Waals surface area contributed by atoms with Crippen LogP contribution >= 0.6 is 0 Å². The van der Waals surface area contributed by atoms with Crippen LogP contribution in [0, 0.1) is 0 Å². The number of aromatic nitrogens is 2. The van der Waals surface area contributed by atoms with Crippen LogP contribution in [0.3, 0.4) is 0 Å². The Hall–Kier alpha value is -2.07. The zero-order valence-electron chi connectivity index (χ0n) is 12.5. The van der Waals surface area contributed by atoms with E-state index in [1.54, 1.807) is 0 Å². The van der Waals surface area contributed by atoms with Crippen molar-refractivity contribution in [3.8, 4) is 0 Å². The number of imidazole rings is 1. The van der Waals surface area contributed by atoms with E-state index in [0.29, 0.717) is 0 Å². The van der Waals surface area contributed by atoms with E-state index < -0.39 is 0 Å². The zero-order valence-corrected chi connectivity index (χ0v) is 12.5. The fourth-order valence-corrected chi connectivity index (χ4v) is 2.51. The Morgan fingerprint density at radius 1 is 1.33 bits per heavy atom. The Morgan fingerprint density at radius 2 is 2.19 bits per heavy atom. The van der Waals surface area contributed by atoms with Gasteiger partial charge >= 0.3 is 0 Å². The maximum atomic E-state index is 5.89. The molecule has 3 rings (SSSR count). The van der Waals surface area contributed by atoms with Gasteiger partial charge in [-0.3, -0.25) is 0 Å². The summed E-state index contributed by atoms with van der Waals surface area (Å²) in [7, 11) is 0. The van der Waals surface area contributed by atoms with Crippen molar-refractivity contribution in [2.24, 2.45) is 0 Å². The first kappa shape index (κ1) is 13.9. The molecule has 2 aromatic heterocycles. The summed E-state index contributed by atoms with van der Waals surface area (Å²) in [6.45, 7) is 6.04. The van der Waals surface area contributed by atoms with Crippen LogP contribution in [0.25, 0.3) is 11.0 Å². The molecule has 2 heterocycles. The average Bonchev–Trinajstić information content (AvgIpc) is 3.11. The van der Waals surface area contributed by atoms with Gasteiger partial charge in [0.1, 0.15) is 17.2 Å². The molecule has 21 heavy (non-hydrogen) atoms. The van der Waals surface area contributed by atoms with E-state index in [0.717, 1.165) is 42.1 Å². The predicted octanol–water partition coefficient (Wildman–Crippen LogP) is 3.89. The highest BCUT2D eigenvalue weighted by molar-refractivity contribution is 5.77. The molecule has 0 bridgehead atoms. The Balaban J connectivity index is 1.68. The topological polar surface area (TPSA) is 43.0 Å². The molecule has 0 aliphatic heterocycles. The van der Waals surface area contributed by atoms with Crippen LogP contribution in [0.4, 0.5) is 0 Å². The van der Waals surface area contributed by atoms with Crippen molar-refractivity contribution < 1.29 is 4.42 Å². The number of rotatable bonds is 6. The average molecular weight is 283 g/mol. The van der Waals surface area contributed by atoms with Gasteiger partial charge in [0.15, 0.2) is 0 Å². The maximum Gasteiger partial charge on any atom is 0.134 e. The molecule has 0 spiro atoms. The normalized spacial score (nSPS) is 12.9. The van der Waals surface area contributed by atoms with Gasteiger partial charge in [-0.15, -0.1) is 0 Å². The van der Waals surface area contributed by atoms with Gasteiger partial charge in [0, 0.05) is 24.3 Å². The third-order valence-corrected chi connectivity index (χ3v) is 3.70. The van der Waals surface area contributed by atoms with Gasteiger partial charge in [-0.25, -0.2) is 4.98 Å². The molecule has 4 heteroatoms. The van der Waals surface area contributed by atoms with E-state index in [1.165, 1.54) is 0 Å². The number of nitrogens with zero attached hydrogens (tertiary/aromatic N) is 2. The summed E-state index contributed by atoms with van der Waals surface area (Å²) in [5, 5.41) is 4.63. The van der Waals surface area contributed by atoms with E-state index in [1.807, 2.05) is 30.6 Å². The summed E-state index contributed by atoms with van der Waals surface area (Å²) in [5.74, 6) is 2.03. The standard InChI is InChI=1S/C17H21N3O/c1-3-9-20-10-8-18-17(20)12-19-13(2)16-11-14-6-4-5-7-15(14)21-16/h4-8,10-11,13,19H,3,9,12H2,1-2H3. The van der Waals surface area contributed by atoms with Gasteiger partial charge < -0.3 is 14.3 Å². The minimum atomic E-state index is 0.157. The molecule has 0 aliphatic rings. The highest BCUT2D eigenvalue weighted by atomic mass is 16.3. The second-order valence-corrected chi connectivity index (χ2v) is 5.33. The van der Waals surface area contributed by atoms with Gasteiger partial charge in [0.25, 0.3) is 0 Å². The van der Waals surface area contributed by atoms with E-state index in [9.17, 15) is 0 Å². The molecule has 4 nitrogen and oxygen atoms in total. The quantitative estimate of drug-likeness (QED) is 0.746. The Morgan fingerprint density at radius 3 is 3.00 bits per heavy atom. The molecular formula is C17H21N3O. The van der Waals surface area contributed by atoms with E-state index >= 15 is 0 Å². The molecule has 110 valence electrons. The minimum absolute atomic E-state index is 0.157. The van der Waals surface area contributed by atoms with Crippen LogP contribution in [0.1, 0.15) is 37.9 Å². The van der Waals surface area contributed by atoms with Crippen LogP contribution in [0.15, 0.2) is 47.1 Å². The summed E-state index contributed by atoms with van der Waals surface area (Å²) in [6.07, 6.45) is 5.01. The lowest BCUT2D eigenvalue weighted by Gasteiger charge is -2.12. The minimum Gasteiger partial charge on any atom is -0.459 e. The molecule has 0 amide bonds. The fraction of sp³-hybridized carbons (Fsp3) is 0.353. The largest absolute Gasteiger partial charge is 0.459 e. The lowest BCUT2D eigenvalue weighted by Crippen LogP contribution is -2.20. The third-order valence-electron chi connectivity index (χ3n) is 3.70. The van der Waals surface area contributed by atoms with Crippen LogP contribution in [0.5, 0.6) is 0 Å². The number of nitrogens with one attached hydrogen (secondary N) is 1. The van der Waals surface area contributed by atoms with Gasteiger partial charge in [-0.1, -0.05) is 25.1 Å². The second kappa shape index (κ2) is 6.14. The van der Waals surface area contributed by atoms with Crippen molar-refractivity contribution in [1.29, 1.82) is 0 Å². The smallest absolute Gasteiger partial charge is 0.134 e. The van der Waals surface area contributed by atoms with Gasteiger partial charge in [0.05, 0.1) is 12.6 Å². The summed E-state index contributed by atoms with van der Waals surface area (Å²) < 4.78 is 8.08. The van der Waals surface area contributed by atoms with Crippen LogP contribution in [-0.4, -0.2) is 9.55 Å². The van der Waals surface area contributed by atoms with E-state index in [2.05, 4.69) is 40.8 Å². The summed E-state index contributed by atoms with van der Waals surface area (Å²) in [6, 6.07) is 10.4. The highest BCUT2D eigenvalue weighted by Crippen LogP contribution is 2.23. The fourth-order valence-electron chi connectivity index (χ4n) is 2.51. The van der Waals surface area contributed by atoms with E-state index in [4.69, 9.17) is 4.42 Å². The first-order valence-electron chi connectivity index (χ1n) is 7.50. The second-order valence-electron chi connectivity index (χ2n) is 5.33. The zero-order chi connectivity index (χ0) is 14.7. The lowest BCUT2D eigenvalue weighted by molar-refractivity contribution is 0.441. The third kappa shape index (κ3) is 3.00. The van der Waals surface area contributed by atoms with Crippen molar-refractivity contribution in [1.82, 2.24) is 14.9 Å². The first-order chi connectivity index (χ1) is 10.3. The van der Waals surface area contributed by atoms with Crippen molar-refractivity contribution in [2.45, 2.75) is 39.4 Å². The monoisotopic (exact) mass is 283 g/mol. The number of fused-ring (bicyclic) bond motifs is 1. The Bertz CT molecular complexity index is 680. The van der Waals surface area contributed by atoms with Gasteiger partial charge in [0.2, 0.25) is 0 Å². The predicted molar refractivity (Wildman–Crippen MR) is 84.0 cm³/mol. The maximum absolute atomic E-state index is 5.89. The van der Waals surface area contributed by atoms with Crippen molar-refractivity contribution in [3.63, 3.8) is 0 Å². The molecular weight excluding hydrogens is 262 g/mol. The molecule has 0 aliphatic carbocycles. The van der Waals surface area contributed by atoms with E-state index in [-0.39, 0.29) is 6.04 Å². The first-order valence-corrected chi connectivity index (χ1v) is 7.50. The molecule has 1 N–H and O–H groups in total. The Kier molecular flexibility index (Phi) is 4.06. The summed E-state index contributed by atoms with van der Waals surface area (Å²) in [4.78, 5) is 4.41. The van der Waals surface area contributed by atoms with Crippen LogP contribution < -0.4 is 5.32 Å². The van der Waals surface area contributed by atoms with Crippen molar-refractivity contribution in [3.05, 3.63) is 54.3 Å². The summed E-state index contributed by atoms with van der Waals surface area (Å²) in [5.41, 5.74) is 0.939. The van der Waals surface area contributed by atoms with Crippen LogP contribution in [-0.2, 0) is 13.1 Å². The number of hydrogen-bond donors (Lipinski definition) is 1. The number of hydrogen-bond acceptors (Lipinski definition) is 3. The van der Waals surface area contributed by atoms with Crippen molar-refractivity contribution in [2.75, 3.05) is 0 Å². The van der Waals surface area contributed by atoms with Gasteiger partial charge in [-0.05, 0) is 25.5 Å². The van der Waals surface area contributed by atoms with Crippen LogP contribution in [0.2, 0.25) is 0 Å². The molecule has 0 radical (unpaired) electrons. The SMILES string of the molecule is CCCn1ccnc1CNC(C)c1cc2ccccc2o1. The number of furan rings is 1. The highest BCUT2D eigenvalue weighted by Gasteiger charge is 2.12. The molecule has 1 atom stereocenters. The number of benzene rings is 1.